The summed E-state index contributed by atoms with van der Waals surface area (Å²) in [6, 6.07) is 4.59. The van der Waals surface area contributed by atoms with Gasteiger partial charge in [-0.3, -0.25) is 0 Å². The van der Waals surface area contributed by atoms with Crippen molar-refractivity contribution in [1.29, 1.82) is 0 Å². The van der Waals surface area contributed by atoms with Gasteiger partial charge in [0.05, 0.1) is 12.4 Å². The highest BCUT2D eigenvalue weighted by Crippen LogP contribution is 2.22. The Morgan fingerprint density at radius 1 is 1.57 bits per heavy atom. The van der Waals surface area contributed by atoms with Crippen LogP contribution in [-0.2, 0) is 11.2 Å². The van der Waals surface area contributed by atoms with Gasteiger partial charge in [0.25, 0.3) is 0 Å². The van der Waals surface area contributed by atoms with Gasteiger partial charge in [-0.2, -0.15) is 0 Å². The molecule has 0 unspecified atom stereocenters. The van der Waals surface area contributed by atoms with Crippen LogP contribution in [0, 0.1) is 0 Å². The summed E-state index contributed by atoms with van der Waals surface area (Å²) in [6.07, 6.45) is 5.47. The third kappa shape index (κ3) is 2.36. The molecule has 0 spiro atoms. The van der Waals surface area contributed by atoms with Crippen molar-refractivity contribution in [2.24, 2.45) is 0 Å². The van der Waals surface area contributed by atoms with Crippen molar-refractivity contribution in [2.75, 3.05) is 13.7 Å². The summed E-state index contributed by atoms with van der Waals surface area (Å²) in [5, 5.41) is 3.48. The molecule has 3 heteroatoms. The van der Waals surface area contributed by atoms with E-state index in [9.17, 15) is 0 Å². The van der Waals surface area contributed by atoms with Gasteiger partial charge in [-0.25, -0.2) is 0 Å². The van der Waals surface area contributed by atoms with E-state index < -0.39 is 0 Å². The molecule has 0 saturated heterocycles. The maximum Gasteiger partial charge on any atom is 0.105 e. The molecule has 1 N–H and O–H groups in total. The average Bonchev–Trinajstić information content (AvgIpc) is 2.61. The molecule has 0 radical (unpaired) electrons. The zero-order chi connectivity index (χ0) is 9.80. The highest BCUT2D eigenvalue weighted by atomic mass is 16.5. The Bertz CT molecular complexity index is 252. The van der Waals surface area contributed by atoms with Crippen LogP contribution in [-0.4, -0.2) is 25.8 Å². The molecule has 1 aliphatic rings. The molecule has 0 bridgehead atoms. The molecule has 1 aliphatic carbocycles. The van der Waals surface area contributed by atoms with E-state index in [0.29, 0.717) is 12.1 Å². The second-order valence-corrected chi connectivity index (χ2v) is 3.81. The Morgan fingerprint density at radius 2 is 2.43 bits per heavy atom. The number of methoxy groups -OCH3 is 1. The monoisotopic (exact) mass is 195 g/mol. The van der Waals surface area contributed by atoms with Crippen molar-refractivity contribution in [1.82, 2.24) is 5.32 Å². The van der Waals surface area contributed by atoms with E-state index in [4.69, 9.17) is 9.15 Å². The number of rotatable bonds is 5. The highest BCUT2D eigenvalue weighted by molar-refractivity contribution is 4.98. The zero-order valence-corrected chi connectivity index (χ0v) is 8.53. The number of furan rings is 1. The molecule has 1 aromatic rings. The van der Waals surface area contributed by atoms with Crippen LogP contribution in [0.2, 0.25) is 0 Å². The van der Waals surface area contributed by atoms with Crippen LogP contribution >= 0.6 is 0 Å². The summed E-state index contributed by atoms with van der Waals surface area (Å²) >= 11 is 0. The van der Waals surface area contributed by atoms with Crippen molar-refractivity contribution in [3.05, 3.63) is 24.2 Å². The van der Waals surface area contributed by atoms with E-state index in [-0.39, 0.29) is 0 Å². The lowest BCUT2D eigenvalue weighted by atomic mass is 9.89. The zero-order valence-electron chi connectivity index (χ0n) is 8.53. The lowest BCUT2D eigenvalue weighted by molar-refractivity contribution is 0.0176. The second-order valence-electron chi connectivity index (χ2n) is 3.81. The van der Waals surface area contributed by atoms with E-state index >= 15 is 0 Å². The normalized spacial score (nSPS) is 26.1. The molecule has 0 amide bonds. The maximum absolute atomic E-state index is 5.24. The molecule has 1 aromatic heterocycles. The van der Waals surface area contributed by atoms with E-state index in [1.807, 2.05) is 12.1 Å². The van der Waals surface area contributed by atoms with Crippen molar-refractivity contribution >= 4 is 0 Å². The quantitative estimate of drug-likeness (QED) is 0.774. The van der Waals surface area contributed by atoms with Gasteiger partial charge in [0, 0.05) is 26.1 Å². The average molecular weight is 195 g/mol. The molecule has 1 heterocycles. The Labute approximate surface area is 84.4 Å². The van der Waals surface area contributed by atoms with Crippen LogP contribution in [0.15, 0.2) is 22.8 Å². The summed E-state index contributed by atoms with van der Waals surface area (Å²) in [7, 11) is 1.78. The van der Waals surface area contributed by atoms with Gasteiger partial charge in [-0.15, -0.1) is 0 Å². The molecule has 78 valence electrons. The molecule has 0 atom stereocenters. The summed E-state index contributed by atoms with van der Waals surface area (Å²) in [5.41, 5.74) is 0. The fraction of sp³-hybridized carbons (Fsp3) is 0.636. The van der Waals surface area contributed by atoms with E-state index in [1.165, 1.54) is 0 Å². The molecular weight excluding hydrogens is 178 g/mol. The minimum Gasteiger partial charge on any atom is -0.469 e. The molecule has 1 saturated carbocycles. The van der Waals surface area contributed by atoms with Crippen LogP contribution in [0.5, 0.6) is 0 Å². The van der Waals surface area contributed by atoms with Gasteiger partial charge in [0.15, 0.2) is 0 Å². The Kier molecular flexibility index (Phi) is 3.22. The Hall–Kier alpha value is -0.800. The molecular formula is C11H17NO2. The van der Waals surface area contributed by atoms with Crippen molar-refractivity contribution in [3.63, 3.8) is 0 Å². The van der Waals surface area contributed by atoms with Crippen LogP contribution in [0.1, 0.15) is 18.6 Å². The fourth-order valence-corrected chi connectivity index (χ4v) is 1.78. The van der Waals surface area contributed by atoms with Crippen molar-refractivity contribution < 1.29 is 9.15 Å². The summed E-state index contributed by atoms with van der Waals surface area (Å²) < 4.78 is 10.5. The van der Waals surface area contributed by atoms with Crippen LogP contribution in [0.3, 0.4) is 0 Å². The van der Waals surface area contributed by atoms with Crippen molar-refractivity contribution in [2.45, 2.75) is 31.4 Å². The predicted octanol–water partition coefficient (Wildman–Crippen LogP) is 1.59. The van der Waals surface area contributed by atoms with Crippen LogP contribution in [0.25, 0.3) is 0 Å². The smallest absolute Gasteiger partial charge is 0.105 e. The standard InChI is InChI=1S/C11H17NO2/c1-13-11-7-9(8-11)12-5-4-10-3-2-6-14-10/h2-3,6,9,11-12H,4-5,7-8H2,1H3. The Morgan fingerprint density at radius 3 is 3.07 bits per heavy atom. The summed E-state index contributed by atoms with van der Waals surface area (Å²) in [6.45, 7) is 0.995. The topological polar surface area (TPSA) is 34.4 Å². The van der Waals surface area contributed by atoms with Gasteiger partial charge >= 0.3 is 0 Å². The van der Waals surface area contributed by atoms with Crippen LogP contribution < -0.4 is 5.32 Å². The second kappa shape index (κ2) is 4.62. The van der Waals surface area contributed by atoms with E-state index in [0.717, 1.165) is 31.6 Å². The SMILES string of the molecule is COC1CC(NCCc2ccco2)C1. The minimum absolute atomic E-state index is 0.483. The van der Waals surface area contributed by atoms with Gasteiger partial charge in [-0.1, -0.05) is 0 Å². The van der Waals surface area contributed by atoms with Gasteiger partial charge in [0.2, 0.25) is 0 Å². The maximum atomic E-state index is 5.24. The summed E-state index contributed by atoms with van der Waals surface area (Å²) in [4.78, 5) is 0. The number of hydrogen-bond donors (Lipinski definition) is 1. The van der Waals surface area contributed by atoms with E-state index in [1.54, 1.807) is 13.4 Å². The lowest BCUT2D eigenvalue weighted by Gasteiger charge is -2.34. The number of hydrogen-bond acceptors (Lipinski definition) is 3. The Balaban J connectivity index is 1.56. The first-order chi connectivity index (χ1) is 6.88. The highest BCUT2D eigenvalue weighted by Gasteiger charge is 2.27. The molecule has 14 heavy (non-hydrogen) atoms. The largest absolute Gasteiger partial charge is 0.469 e. The fourth-order valence-electron chi connectivity index (χ4n) is 1.78. The lowest BCUT2D eigenvalue weighted by Crippen LogP contribution is -2.45. The molecule has 1 fully saturated rings. The molecule has 0 aromatic carbocycles. The number of ether oxygens (including phenoxy) is 1. The van der Waals surface area contributed by atoms with Gasteiger partial charge < -0.3 is 14.5 Å². The molecule has 2 rings (SSSR count). The predicted molar refractivity (Wildman–Crippen MR) is 54.2 cm³/mol. The summed E-state index contributed by atoms with van der Waals surface area (Å²) in [5.74, 6) is 1.06. The van der Waals surface area contributed by atoms with E-state index in [2.05, 4.69) is 5.32 Å². The number of nitrogens with one attached hydrogen (secondary N) is 1. The van der Waals surface area contributed by atoms with Crippen molar-refractivity contribution in [3.8, 4) is 0 Å². The minimum atomic E-state index is 0.483. The third-order valence-electron chi connectivity index (χ3n) is 2.81. The first-order valence-corrected chi connectivity index (χ1v) is 5.17. The molecule has 3 nitrogen and oxygen atoms in total. The molecule has 0 aliphatic heterocycles. The van der Waals surface area contributed by atoms with Crippen LogP contribution in [0.4, 0.5) is 0 Å². The third-order valence-corrected chi connectivity index (χ3v) is 2.81. The first kappa shape index (κ1) is 9.74. The first-order valence-electron chi connectivity index (χ1n) is 5.17. The van der Waals surface area contributed by atoms with Gasteiger partial charge in [-0.05, 0) is 25.0 Å². The van der Waals surface area contributed by atoms with Gasteiger partial charge in [0.1, 0.15) is 5.76 Å².